The van der Waals surface area contributed by atoms with Crippen molar-refractivity contribution in [3.05, 3.63) is 0 Å². The maximum Gasteiger partial charge on any atom is 0.236 e. The van der Waals surface area contributed by atoms with E-state index in [-0.39, 0.29) is 18.3 Å². The molecule has 1 N–H and O–H groups in total. The fourth-order valence-corrected chi connectivity index (χ4v) is 5.19. The van der Waals surface area contributed by atoms with Crippen molar-refractivity contribution in [2.24, 2.45) is 23.7 Å². The van der Waals surface area contributed by atoms with E-state index in [0.717, 1.165) is 30.2 Å². The van der Waals surface area contributed by atoms with Crippen LogP contribution in [-0.2, 0) is 9.53 Å². The minimum absolute atomic E-state index is 0. The molecule has 4 fully saturated rings. The van der Waals surface area contributed by atoms with Crippen LogP contribution in [0.25, 0.3) is 0 Å². The summed E-state index contributed by atoms with van der Waals surface area (Å²) in [6.45, 7) is 1.86. The Balaban J connectivity index is 0.00000161. The summed E-state index contributed by atoms with van der Waals surface area (Å²) in [5.41, 5.74) is 0. The highest BCUT2D eigenvalue weighted by Gasteiger charge is 2.50. The number of hydrogen-bond donors (Lipinski definition) is 1. The fraction of sp³-hybridized carbons (Fsp3) is 0.938. The van der Waals surface area contributed by atoms with E-state index in [1.807, 2.05) is 7.05 Å². The van der Waals surface area contributed by atoms with Gasteiger partial charge < -0.3 is 15.0 Å². The zero-order valence-corrected chi connectivity index (χ0v) is 14.0. The van der Waals surface area contributed by atoms with Gasteiger partial charge in [0, 0.05) is 26.7 Å². The second-order valence-corrected chi connectivity index (χ2v) is 7.10. The third kappa shape index (κ3) is 3.54. The van der Waals surface area contributed by atoms with Gasteiger partial charge in [-0.1, -0.05) is 0 Å². The molecule has 0 aliphatic heterocycles. The average Bonchev–Trinajstić information content (AvgIpc) is 2.42. The molecule has 4 aliphatic carbocycles. The second kappa shape index (κ2) is 7.30. The van der Waals surface area contributed by atoms with E-state index in [0.29, 0.717) is 19.2 Å². The van der Waals surface area contributed by atoms with Crippen molar-refractivity contribution in [2.75, 3.05) is 33.9 Å². The van der Waals surface area contributed by atoms with Crippen LogP contribution in [0.4, 0.5) is 0 Å². The maximum atomic E-state index is 12.4. The molecule has 122 valence electrons. The Bertz CT molecular complexity index is 336. The first-order chi connectivity index (χ1) is 9.69. The van der Waals surface area contributed by atoms with Crippen LogP contribution in [0, 0.1) is 23.7 Å². The maximum absolute atomic E-state index is 12.4. The second-order valence-electron chi connectivity index (χ2n) is 7.10. The van der Waals surface area contributed by atoms with Gasteiger partial charge in [0.15, 0.2) is 0 Å². The number of likely N-dealkylation sites (N-methyl/N-ethyl adjacent to an activating group) is 1. The lowest BCUT2D eigenvalue weighted by Gasteiger charge is -2.56. The Kier molecular flexibility index (Phi) is 5.92. The summed E-state index contributed by atoms with van der Waals surface area (Å²) < 4.78 is 4.99. The largest absolute Gasteiger partial charge is 0.383 e. The molecule has 4 bridgehead atoms. The molecule has 0 unspecified atom stereocenters. The summed E-state index contributed by atoms with van der Waals surface area (Å²) in [5.74, 6) is 3.74. The van der Waals surface area contributed by atoms with E-state index in [2.05, 4.69) is 10.2 Å². The number of ether oxygens (including phenoxy) is 1. The van der Waals surface area contributed by atoms with Crippen molar-refractivity contribution in [2.45, 2.75) is 38.1 Å². The number of rotatable bonds is 6. The summed E-state index contributed by atoms with van der Waals surface area (Å²) in [6, 6.07) is 0.513. The minimum Gasteiger partial charge on any atom is -0.383 e. The molecule has 5 heteroatoms. The van der Waals surface area contributed by atoms with E-state index in [4.69, 9.17) is 4.74 Å². The summed E-state index contributed by atoms with van der Waals surface area (Å²) in [6.07, 6.45) is 6.94. The molecule has 4 aliphatic rings. The van der Waals surface area contributed by atoms with Gasteiger partial charge in [0.2, 0.25) is 5.91 Å². The van der Waals surface area contributed by atoms with Gasteiger partial charge in [-0.3, -0.25) is 4.79 Å². The number of methoxy groups -OCH3 is 1. The van der Waals surface area contributed by atoms with Crippen LogP contribution in [-0.4, -0.2) is 50.7 Å². The van der Waals surface area contributed by atoms with Crippen molar-refractivity contribution >= 4 is 18.3 Å². The van der Waals surface area contributed by atoms with Crippen LogP contribution in [0.2, 0.25) is 0 Å². The third-order valence-electron chi connectivity index (χ3n) is 5.78. The first-order valence-electron chi connectivity index (χ1n) is 8.14. The fourth-order valence-electron chi connectivity index (χ4n) is 5.19. The first kappa shape index (κ1) is 17.0. The number of hydrogen-bond acceptors (Lipinski definition) is 3. The molecule has 0 spiro atoms. The van der Waals surface area contributed by atoms with Gasteiger partial charge in [0.05, 0.1) is 13.2 Å². The van der Waals surface area contributed by atoms with Gasteiger partial charge in [-0.15, -0.1) is 12.4 Å². The molecule has 4 rings (SSSR count). The lowest BCUT2D eigenvalue weighted by molar-refractivity contribution is -0.140. The van der Waals surface area contributed by atoms with Gasteiger partial charge in [0.1, 0.15) is 0 Å². The Labute approximate surface area is 134 Å². The van der Waals surface area contributed by atoms with E-state index in [1.54, 1.807) is 7.11 Å². The highest BCUT2D eigenvalue weighted by molar-refractivity contribution is 5.85. The number of halogens is 1. The van der Waals surface area contributed by atoms with Crippen LogP contribution in [0.3, 0.4) is 0 Å². The topological polar surface area (TPSA) is 41.6 Å². The molecule has 21 heavy (non-hydrogen) atoms. The highest BCUT2D eigenvalue weighted by atomic mass is 35.5. The summed E-state index contributed by atoms with van der Waals surface area (Å²) in [4.78, 5) is 14.4. The van der Waals surface area contributed by atoms with Crippen LogP contribution < -0.4 is 5.32 Å². The summed E-state index contributed by atoms with van der Waals surface area (Å²) in [5, 5.41) is 3.17. The van der Waals surface area contributed by atoms with Gasteiger partial charge in [-0.25, -0.2) is 0 Å². The Morgan fingerprint density at radius 1 is 1.14 bits per heavy atom. The molecule has 0 heterocycles. The molecule has 0 aromatic heterocycles. The molecular formula is C16H29ClN2O2. The zero-order chi connectivity index (χ0) is 14.1. The van der Waals surface area contributed by atoms with Crippen molar-refractivity contribution in [1.29, 1.82) is 0 Å². The van der Waals surface area contributed by atoms with Crippen LogP contribution >= 0.6 is 12.4 Å². The number of amides is 1. The quantitative estimate of drug-likeness (QED) is 0.761. The van der Waals surface area contributed by atoms with E-state index in [9.17, 15) is 4.79 Å². The zero-order valence-electron chi connectivity index (χ0n) is 13.2. The minimum atomic E-state index is 0. The molecule has 0 aromatic rings. The number of nitrogens with zero attached hydrogens (tertiary/aromatic N) is 1. The van der Waals surface area contributed by atoms with E-state index < -0.39 is 0 Å². The van der Waals surface area contributed by atoms with Gasteiger partial charge in [0.25, 0.3) is 0 Å². The van der Waals surface area contributed by atoms with Crippen molar-refractivity contribution in [3.8, 4) is 0 Å². The number of carbonyl (C=O) groups is 1. The van der Waals surface area contributed by atoms with Gasteiger partial charge >= 0.3 is 0 Å². The number of carbonyl (C=O) groups excluding carboxylic acids is 1. The molecular weight excluding hydrogens is 288 g/mol. The SMILES string of the molecule is COCCNCC(=O)N(C)C1C2CC3CC(C2)CC1C3.Cl. The first-order valence-corrected chi connectivity index (χ1v) is 8.14. The third-order valence-corrected chi connectivity index (χ3v) is 5.78. The van der Waals surface area contributed by atoms with Gasteiger partial charge in [-0.05, 0) is 55.8 Å². The lowest BCUT2D eigenvalue weighted by Crippen LogP contribution is -2.57. The van der Waals surface area contributed by atoms with Gasteiger partial charge in [-0.2, -0.15) is 0 Å². The van der Waals surface area contributed by atoms with Crippen molar-refractivity contribution in [3.63, 3.8) is 0 Å². The standard InChI is InChI=1S/C16H28N2O2.ClH/c1-18(15(19)10-17-3-4-20-2)16-13-6-11-5-12(8-13)9-14(16)7-11;/h11-14,16-17H,3-10H2,1-2H3;1H. The Hall–Kier alpha value is -0.320. The molecule has 4 saturated carbocycles. The smallest absolute Gasteiger partial charge is 0.236 e. The predicted octanol–water partition coefficient (Wildman–Crippen LogP) is 1.93. The Morgan fingerprint density at radius 2 is 1.71 bits per heavy atom. The number of nitrogens with one attached hydrogen (secondary N) is 1. The predicted molar refractivity (Wildman–Crippen MR) is 85.6 cm³/mol. The highest BCUT2D eigenvalue weighted by Crippen LogP contribution is 2.54. The molecule has 1 amide bonds. The van der Waals surface area contributed by atoms with Crippen LogP contribution in [0.5, 0.6) is 0 Å². The van der Waals surface area contributed by atoms with E-state index >= 15 is 0 Å². The molecule has 0 aromatic carbocycles. The van der Waals surface area contributed by atoms with Crippen LogP contribution in [0.1, 0.15) is 32.1 Å². The normalized spacial score (nSPS) is 36.4. The van der Waals surface area contributed by atoms with E-state index in [1.165, 1.54) is 32.1 Å². The van der Waals surface area contributed by atoms with Crippen molar-refractivity contribution in [1.82, 2.24) is 10.2 Å². The summed E-state index contributed by atoms with van der Waals surface area (Å²) >= 11 is 0. The molecule has 0 atom stereocenters. The average molecular weight is 317 g/mol. The van der Waals surface area contributed by atoms with Crippen molar-refractivity contribution < 1.29 is 9.53 Å². The molecule has 0 radical (unpaired) electrons. The monoisotopic (exact) mass is 316 g/mol. The summed E-state index contributed by atoms with van der Waals surface area (Å²) in [7, 11) is 3.71. The van der Waals surface area contributed by atoms with Crippen LogP contribution in [0.15, 0.2) is 0 Å². The lowest BCUT2D eigenvalue weighted by atomic mass is 9.54. The molecule has 4 nitrogen and oxygen atoms in total. The Morgan fingerprint density at radius 3 is 2.24 bits per heavy atom. The molecule has 0 saturated heterocycles.